The molecule has 1 aromatic carbocycles. The lowest BCUT2D eigenvalue weighted by Gasteiger charge is -2.29. The van der Waals surface area contributed by atoms with E-state index in [1.165, 1.54) is 38.1 Å². The lowest BCUT2D eigenvalue weighted by atomic mass is 10.1. The Kier molecular flexibility index (Phi) is 5.52. The number of nitrogens with two attached hydrogens (primary N) is 1. The van der Waals surface area contributed by atoms with E-state index >= 15 is 0 Å². The van der Waals surface area contributed by atoms with Crippen LogP contribution in [0.2, 0.25) is 0 Å². The van der Waals surface area contributed by atoms with Crippen molar-refractivity contribution in [3.8, 4) is 0 Å². The second-order valence-corrected chi connectivity index (χ2v) is 5.90. The number of hydrogen-bond acceptors (Lipinski definition) is 12. The highest BCUT2D eigenvalue weighted by atomic mass is 16.6. The van der Waals surface area contributed by atoms with Gasteiger partial charge in [-0.2, -0.15) is 0 Å². The van der Waals surface area contributed by atoms with Gasteiger partial charge in [0.2, 0.25) is 35.1 Å². The highest BCUT2D eigenvalue weighted by Gasteiger charge is 2.31. The number of nitro benzene ring substituents is 1. The average molecular weight is 417 g/mol. The van der Waals surface area contributed by atoms with Gasteiger partial charge in [-0.05, 0) is 38.3 Å². The zero-order valence-electron chi connectivity index (χ0n) is 15.6. The minimum Gasteiger partial charge on any atom is -0.378 e. The number of nitrogen functional groups attached to an aromatic ring is 1. The predicted molar refractivity (Wildman–Crippen MR) is 99.9 cm³/mol. The average Bonchev–Trinajstić information content (AvgIpc) is 3.30. The largest absolute Gasteiger partial charge is 0.378 e. The number of nitro groups is 1. The van der Waals surface area contributed by atoms with E-state index in [-0.39, 0.29) is 29.0 Å². The topological polar surface area (TPSA) is 208 Å². The summed E-state index contributed by atoms with van der Waals surface area (Å²) in [7, 11) is 0. The Bertz CT molecular complexity index is 1080. The molecule has 156 valence electrons. The summed E-state index contributed by atoms with van der Waals surface area (Å²) in [5.41, 5.74) is 5.97. The highest BCUT2D eigenvalue weighted by Crippen LogP contribution is 2.32. The van der Waals surface area contributed by atoms with E-state index in [4.69, 9.17) is 5.73 Å². The van der Waals surface area contributed by atoms with Crippen LogP contribution >= 0.6 is 0 Å². The molecular weight excluding hydrogens is 402 g/mol. The summed E-state index contributed by atoms with van der Waals surface area (Å²) < 4.78 is 9.23. The van der Waals surface area contributed by atoms with E-state index in [1.807, 2.05) is 0 Å². The molecule has 2 amide bonds. The maximum absolute atomic E-state index is 12.5. The third-order valence-corrected chi connectivity index (χ3v) is 3.80. The van der Waals surface area contributed by atoms with Crippen molar-refractivity contribution in [2.24, 2.45) is 0 Å². The first kappa shape index (κ1) is 20.2. The molecule has 4 N–H and O–H groups in total. The number of hydrogen-bond donors (Lipinski definition) is 3. The molecule has 15 nitrogen and oxygen atoms in total. The van der Waals surface area contributed by atoms with E-state index in [0.717, 1.165) is 4.90 Å². The number of benzene rings is 1. The molecule has 0 saturated carbocycles. The van der Waals surface area contributed by atoms with Crippen molar-refractivity contribution in [2.45, 2.75) is 20.0 Å². The van der Waals surface area contributed by atoms with Crippen LogP contribution in [0.1, 0.15) is 25.6 Å². The van der Waals surface area contributed by atoms with Crippen LogP contribution in [0.4, 0.5) is 29.0 Å². The van der Waals surface area contributed by atoms with Gasteiger partial charge in [0, 0.05) is 26.0 Å². The van der Waals surface area contributed by atoms with E-state index in [9.17, 15) is 19.7 Å². The molecule has 0 aliphatic carbocycles. The van der Waals surface area contributed by atoms with E-state index in [2.05, 4.69) is 40.5 Å². The monoisotopic (exact) mass is 417 g/mol. The number of nitrogens with zero attached hydrogens (tertiary/aromatic N) is 6. The van der Waals surface area contributed by atoms with Crippen LogP contribution < -0.4 is 21.3 Å². The zero-order chi connectivity index (χ0) is 21.8. The fraction of sp³-hybridized carbons (Fsp3) is 0.200. The molecule has 2 heterocycles. The Hall–Kier alpha value is -4.56. The SMILES string of the molecule is CC(=O)Nc1nonc1N[C@H](c1ccc([N+](=O)[O-])cc1)N(C(C)=O)c1nonc1N. The van der Waals surface area contributed by atoms with Crippen molar-refractivity contribution in [3.63, 3.8) is 0 Å². The molecule has 3 aromatic rings. The number of anilines is 4. The standard InChI is InChI=1S/C15H15N9O6/c1-7(25)17-12-13(21-30-20-12)18-14(9-3-5-10(6-4-9)24(27)28)23(8(2)26)15-11(16)19-29-22-15/h3-6,14H,1-2H3,(H2,16,19)(H,18,21)(H,17,20,25)/t14-/m0/s1. The summed E-state index contributed by atoms with van der Waals surface area (Å²) in [4.78, 5) is 35.3. The van der Waals surface area contributed by atoms with Gasteiger partial charge in [0.25, 0.3) is 5.69 Å². The number of amides is 2. The van der Waals surface area contributed by atoms with E-state index < -0.39 is 22.9 Å². The van der Waals surface area contributed by atoms with Gasteiger partial charge in [-0.1, -0.05) is 0 Å². The Balaban J connectivity index is 2.07. The summed E-state index contributed by atoms with van der Waals surface area (Å²) in [6.45, 7) is 2.50. The summed E-state index contributed by atoms with van der Waals surface area (Å²) in [6, 6.07) is 5.34. The van der Waals surface area contributed by atoms with Crippen LogP contribution in [0, 0.1) is 10.1 Å². The van der Waals surface area contributed by atoms with Crippen LogP contribution in [-0.2, 0) is 9.59 Å². The third kappa shape index (κ3) is 4.13. The Morgan fingerprint density at radius 1 is 1.10 bits per heavy atom. The molecule has 15 heteroatoms. The molecule has 0 bridgehead atoms. The Labute approximate surface area is 167 Å². The number of non-ortho nitro benzene ring substituents is 1. The molecule has 2 aromatic heterocycles. The minimum atomic E-state index is -1.06. The summed E-state index contributed by atoms with van der Waals surface area (Å²) in [6.07, 6.45) is -1.06. The summed E-state index contributed by atoms with van der Waals surface area (Å²) in [5, 5.41) is 30.6. The fourth-order valence-electron chi connectivity index (χ4n) is 2.55. The third-order valence-electron chi connectivity index (χ3n) is 3.80. The van der Waals surface area contributed by atoms with Gasteiger partial charge in [0.05, 0.1) is 4.92 Å². The molecular formula is C15H15N9O6. The summed E-state index contributed by atoms with van der Waals surface area (Å²) in [5.74, 6) is -1.28. The lowest BCUT2D eigenvalue weighted by Crippen LogP contribution is -2.38. The Morgan fingerprint density at radius 3 is 2.27 bits per heavy atom. The first-order chi connectivity index (χ1) is 14.3. The van der Waals surface area contributed by atoms with Gasteiger partial charge in [-0.25, -0.2) is 9.26 Å². The molecule has 0 spiro atoms. The van der Waals surface area contributed by atoms with Gasteiger partial charge in [-0.3, -0.25) is 24.6 Å². The van der Waals surface area contributed by atoms with Gasteiger partial charge in [0.1, 0.15) is 6.17 Å². The summed E-state index contributed by atoms with van der Waals surface area (Å²) >= 11 is 0. The van der Waals surface area contributed by atoms with Crippen LogP contribution in [-0.4, -0.2) is 37.4 Å². The van der Waals surface area contributed by atoms with Crippen molar-refractivity contribution < 1.29 is 23.8 Å². The molecule has 0 aliphatic rings. The van der Waals surface area contributed by atoms with Crippen molar-refractivity contribution >= 4 is 40.8 Å². The smallest absolute Gasteiger partial charge is 0.269 e. The molecule has 30 heavy (non-hydrogen) atoms. The molecule has 0 aliphatic heterocycles. The second-order valence-electron chi connectivity index (χ2n) is 5.90. The Morgan fingerprint density at radius 2 is 1.73 bits per heavy atom. The zero-order valence-corrected chi connectivity index (χ0v) is 15.6. The fourth-order valence-corrected chi connectivity index (χ4v) is 2.55. The predicted octanol–water partition coefficient (Wildman–Crippen LogP) is 1.07. The van der Waals surface area contributed by atoms with Gasteiger partial charge < -0.3 is 16.4 Å². The van der Waals surface area contributed by atoms with Crippen LogP contribution in [0.3, 0.4) is 0 Å². The quantitative estimate of drug-likeness (QED) is 0.280. The lowest BCUT2D eigenvalue weighted by molar-refractivity contribution is -0.384. The molecule has 3 rings (SSSR count). The second kappa shape index (κ2) is 8.21. The normalized spacial score (nSPS) is 11.5. The molecule has 0 fully saturated rings. The first-order valence-electron chi connectivity index (χ1n) is 8.26. The number of aromatic nitrogens is 4. The number of carbonyl (C=O) groups is 2. The van der Waals surface area contributed by atoms with Crippen molar-refractivity contribution in [2.75, 3.05) is 21.3 Å². The van der Waals surface area contributed by atoms with Gasteiger partial charge >= 0.3 is 0 Å². The van der Waals surface area contributed by atoms with Crippen molar-refractivity contribution in [3.05, 3.63) is 39.9 Å². The molecule has 0 saturated heterocycles. The minimum absolute atomic E-state index is 0.0187. The van der Waals surface area contributed by atoms with Crippen LogP contribution in [0.25, 0.3) is 0 Å². The maximum atomic E-state index is 12.5. The first-order valence-corrected chi connectivity index (χ1v) is 8.26. The molecule has 0 radical (unpaired) electrons. The maximum Gasteiger partial charge on any atom is 0.269 e. The van der Waals surface area contributed by atoms with Crippen LogP contribution in [0.15, 0.2) is 33.5 Å². The number of carbonyl (C=O) groups excluding carboxylic acids is 2. The van der Waals surface area contributed by atoms with Crippen LogP contribution in [0.5, 0.6) is 0 Å². The van der Waals surface area contributed by atoms with Gasteiger partial charge in [-0.15, -0.1) is 0 Å². The highest BCUT2D eigenvalue weighted by molar-refractivity contribution is 5.94. The number of nitrogens with one attached hydrogen (secondary N) is 2. The number of rotatable bonds is 7. The molecule has 0 unspecified atom stereocenters. The van der Waals surface area contributed by atoms with Gasteiger partial charge in [0.15, 0.2) is 0 Å². The van der Waals surface area contributed by atoms with E-state index in [0.29, 0.717) is 5.56 Å². The van der Waals surface area contributed by atoms with Crippen molar-refractivity contribution in [1.29, 1.82) is 0 Å². The molecule has 1 atom stereocenters. The van der Waals surface area contributed by atoms with Crippen molar-refractivity contribution in [1.82, 2.24) is 20.6 Å². The van der Waals surface area contributed by atoms with E-state index in [1.54, 1.807) is 0 Å².